The topological polar surface area (TPSA) is 15.8 Å². The van der Waals surface area contributed by atoms with Gasteiger partial charge in [0.15, 0.2) is 0 Å². The van der Waals surface area contributed by atoms with Gasteiger partial charge >= 0.3 is 0 Å². The Morgan fingerprint density at radius 2 is 2.18 bits per heavy atom. The van der Waals surface area contributed by atoms with Gasteiger partial charge in [0.1, 0.15) is 0 Å². The molecule has 0 unspecified atom stereocenters. The van der Waals surface area contributed by atoms with Gasteiger partial charge in [-0.25, -0.2) is 0 Å². The van der Waals surface area contributed by atoms with Gasteiger partial charge in [-0.1, -0.05) is 13.8 Å². The maximum absolute atomic E-state index is 3.09. The lowest BCUT2D eigenvalue weighted by molar-refractivity contribution is 0.890. The standard InChI is InChI=1S/C9H11NS/c1-6(2)8-3-7-4-10-5-9(7)11-8/h3-6,10H,1-2H3. The number of aromatic nitrogens is 1. The third-order valence-corrected chi connectivity index (χ3v) is 3.23. The molecule has 0 aromatic carbocycles. The number of hydrogen-bond donors (Lipinski definition) is 1. The summed E-state index contributed by atoms with van der Waals surface area (Å²) in [7, 11) is 0. The van der Waals surface area contributed by atoms with Crippen LogP contribution in [-0.4, -0.2) is 4.98 Å². The van der Waals surface area contributed by atoms with E-state index in [0.29, 0.717) is 5.92 Å². The number of hydrogen-bond acceptors (Lipinski definition) is 1. The Balaban J connectivity index is 2.58. The van der Waals surface area contributed by atoms with Crippen molar-refractivity contribution in [2.45, 2.75) is 19.8 Å². The van der Waals surface area contributed by atoms with E-state index in [1.807, 2.05) is 11.3 Å². The van der Waals surface area contributed by atoms with Crippen LogP contribution in [-0.2, 0) is 0 Å². The van der Waals surface area contributed by atoms with E-state index in [9.17, 15) is 0 Å². The van der Waals surface area contributed by atoms with Crippen LogP contribution >= 0.6 is 11.3 Å². The van der Waals surface area contributed by atoms with Crippen LogP contribution in [0.25, 0.3) is 10.1 Å². The van der Waals surface area contributed by atoms with Crippen LogP contribution in [0.15, 0.2) is 18.5 Å². The molecule has 0 aliphatic heterocycles. The van der Waals surface area contributed by atoms with Crippen molar-refractivity contribution >= 4 is 21.4 Å². The summed E-state index contributed by atoms with van der Waals surface area (Å²) in [6.45, 7) is 4.46. The lowest BCUT2D eigenvalue weighted by atomic mass is 10.2. The van der Waals surface area contributed by atoms with Gasteiger partial charge in [0.25, 0.3) is 0 Å². The van der Waals surface area contributed by atoms with Crippen molar-refractivity contribution in [1.82, 2.24) is 4.98 Å². The van der Waals surface area contributed by atoms with E-state index in [2.05, 4.69) is 37.3 Å². The molecule has 58 valence electrons. The summed E-state index contributed by atoms with van der Waals surface area (Å²) >= 11 is 1.88. The highest BCUT2D eigenvalue weighted by Crippen LogP contribution is 2.29. The normalized spacial score (nSPS) is 11.5. The molecule has 1 nitrogen and oxygen atoms in total. The third kappa shape index (κ3) is 1.07. The van der Waals surface area contributed by atoms with E-state index in [4.69, 9.17) is 0 Å². The van der Waals surface area contributed by atoms with Gasteiger partial charge in [0.05, 0.1) is 4.70 Å². The van der Waals surface area contributed by atoms with Gasteiger partial charge < -0.3 is 4.98 Å². The minimum absolute atomic E-state index is 0.660. The number of rotatable bonds is 1. The fourth-order valence-electron chi connectivity index (χ4n) is 1.16. The average Bonchev–Trinajstić information content (AvgIpc) is 2.40. The minimum atomic E-state index is 0.660. The van der Waals surface area contributed by atoms with Gasteiger partial charge in [0.2, 0.25) is 0 Å². The summed E-state index contributed by atoms with van der Waals surface area (Å²) in [6.07, 6.45) is 4.11. The van der Waals surface area contributed by atoms with Gasteiger partial charge in [-0.2, -0.15) is 0 Å². The summed E-state index contributed by atoms with van der Waals surface area (Å²) in [6, 6.07) is 2.27. The second kappa shape index (κ2) is 2.38. The highest BCUT2D eigenvalue weighted by molar-refractivity contribution is 7.19. The highest BCUT2D eigenvalue weighted by Gasteiger charge is 2.04. The third-order valence-electron chi connectivity index (χ3n) is 1.83. The molecule has 1 N–H and O–H groups in total. The summed E-state index contributed by atoms with van der Waals surface area (Å²) in [5.41, 5.74) is 0. The zero-order valence-corrected chi connectivity index (χ0v) is 7.53. The molecule has 2 rings (SSSR count). The Hall–Kier alpha value is -0.760. The van der Waals surface area contributed by atoms with Crippen molar-refractivity contribution in [3.63, 3.8) is 0 Å². The quantitative estimate of drug-likeness (QED) is 0.667. The first-order chi connectivity index (χ1) is 5.27. The number of fused-ring (bicyclic) bond motifs is 1. The van der Waals surface area contributed by atoms with E-state index in [-0.39, 0.29) is 0 Å². The highest BCUT2D eigenvalue weighted by atomic mass is 32.1. The predicted molar refractivity (Wildman–Crippen MR) is 50.3 cm³/mol. The van der Waals surface area contributed by atoms with Gasteiger partial charge in [-0.15, -0.1) is 11.3 Å². The molecule has 0 spiro atoms. The molecule has 0 saturated heterocycles. The minimum Gasteiger partial charge on any atom is -0.366 e. The zero-order chi connectivity index (χ0) is 7.84. The van der Waals surface area contributed by atoms with Crippen molar-refractivity contribution in [3.8, 4) is 0 Å². The SMILES string of the molecule is CC(C)c1cc2c[nH]cc2s1. The molecular weight excluding hydrogens is 154 g/mol. The molecule has 0 aliphatic rings. The smallest absolute Gasteiger partial charge is 0.0520 e. The summed E-state index contributed by atoms with van der Waals surface area (Å²) in [5, 5.41) is 1.35. The van der Waals surface area contributed by atoms with Crippen molar-refractivity contribution in [2.24, 2.45) is 0 Å². The van der Waals surface area contributed by atoms with Gasteiger partial charge in [0, 0.05) is 22.7 Å². The molecule has 0 atom stereocenters. The number of aromatic amines is 1. The second-order valence-electron chi connectivity index (χ2n) is 3.08. The average molecular weight is 165 g/mol. The first kappa shape index (κ1) is 6.92. The molecule has 0 saturated carbocycles. The molecule has 2 aromatic rings. The van der Waals surface area contributed by atoms with Crippen LogP contribution < -0.4 is 0 Å². The van der Waals surface area contributed by atoms with E-state index in [1.54, 1.807) is 0 Å². The molecule has 0 bridgehead atoms. The Morgan fingerprint density at radius 3 is 2.82 bits per heavy atom. The molecule has 0 amide bonds. The van der Waals surface area contributed by atoms with Crippen LogP contribution in [0, 0.1) is 0 Å². The monoisotopic (exact) mass is 165 g/mol. The Morgan fingerprint density at radius 1 is 1.36 bits per heavy atom. The van der Waals surface area contributed by atoms with Crippen LogP contribution in [0.2, 0.25) is 0 Å². The molecule has 11 heavy (non-hydrogen) atoms. The van der Waals surface area contributed by atoms with Gasteiger partial charge in [-0.3, -0.25) is 0 Å². The summed E-state index contributed by atoms with van der Waals surface area (Å²) in [4.78, 5) is 4.57. The van der Waals surface area contributed by atoms with Crippen LogP contribution in [0.4, 0.5) is 0 Å². The Labute approximate surface area is 70.1 Å². The van der Waals surface area contributed by atoms with E-state index < -0.39 is 0 Å². The fourth-order valence-corrected chi connectivity index (χ4v) is 2.20. The maximum Gasteiger partial charge on any atom is 0.0520 e. The van der Waals surface area contributed by atoms with Crippen molar-refractivity contribution in [1.29, 1.82) is 0 Å². The van der Waals surface area contributed by atoms with Crippen LogP contribution in [0.5, 0.6) is 0 Å². The first-order valence-corrected chi connectivity index (χ1v) is 4.65. The predicted octanol–water partition coefficient (Wildman–Crippen LogP) is 3.35. The largest absolute Gasteiger partial charge is 0.366 e. The van der Waals surface area contributed by atoms with E-state index in [0.717, 1.165) is 0 Å². The first-order valence-electron chi connectivity index (χ1n) is 3.83. The van der Waals surface area contributed by atoms with E-state index in [1.165, 1.54) is 15.0 Å². The molecule has 0 radical (unpaired) electrons. The fraction of sp³-hybridized carbons (Fsp3) is 0.333. The van der Waals surface area contributed by atoms with Crippen molar-refractivity contribution in [2.75, 3.05) is 0 Å². The maximum atomic E-state index is 3.09. The van der Waals surface area contributed by atoms with Crippen LogP contribution in [0.1, 0.15) is 24.6 Å². The number of H-pyrrole nitrogens is 1. The molecule has 2 aromatic heterocycles. The van der Waals surface area contributed by atoms with Crippen LogP contribution in [0.3, 0.4) is 0 Å². The molecule has 0 fully saturated rings. The lowest BCUT2D eigenvalue weighted by Crippen LogP contribution is -1.77. The lowest BCUT2D eigenvalue weighted by Gasteiger charge is -1.96. The Kier molecular flexibility index (Phi) is 1.50. The number of nitrogens with one attached hydrogen (secondary N) is 1. The molecule has 2 heterocycles. The zero-order valence-electron chi connectivity index (χ0n) is 6.72. The molecule has 2 heteroatoms. The molecule has 0 aliphatic carbocycles. The Bertz CT molecular complexity index is 328. The summed E-state index contributed by atoms with van der Waals surface area (Å²) < 4.78 is 1.37. The summed E-state index contributed by atoms with van der Waals surface area (Å²) in [5.74, 6) is 0.660. The van der Waals surface area contributed by atoms with E-state index >= 15 is 0 Å². The second-order valence-corrected chi connectivity index (χ2v) is 4.19. The van der Waals surface area contributed by atoms with Crippen molar-refractivity contribution < 1.29 is 0 Å². The van der Waals surface area contributed by atoms with Gasteiger partial charge in [-0.05, 0) is 12.0 Å². The molecular formula is C9H11NS. The van der Waals surface area contributed by atoms with Crippen molar-refractivity contribution in [3.05, 3.63) is 23.3 Å². The number of thiophene rings is 1.